The number of carbonyl (C=O) groups excluding carboxylic acids is 3. The van der Waals surface area contributed by atoms with Gasteiger partial charge in [-0.05, 0) is 36.6 Å². The minimum Gasteiger partial charge on any atom is -0.447 e. The zero-order valence-electron chi connectivity index (χ0n) is 13.7. The van der Waals surface area contributed by atoms with Gasteiger partial charge in [-0.25, -0.2) is 4.79 Å². The number of hydrogen-bond donors (Lipinski definition) is 1. The van der Waals surface area contributed by atoms with Crippen molar-refractivity contribution in [3.05, 3.63) is 35.5 Å². The van der Waals surface area contributed by atoms with Gasteiger partial charge in [0.15, 0.2) is 6.29 Å². The van der Waals surface area contributed by atoms with E-state index < -0.39 is 12.0 Å². The van der Waals surface area contributed by atoms with E-state index in [1.54, 1.807) is 24.0 Å². The molecule has 7 nitrogen and oxygen atoms in total. The molecule has 0 unspecified atom stereocenters. The van der Waals surface area contributed by atoms with E-state index in [1.165, 1.54) is 4.90 Å². The fourth-order valence-corrected chi connectivity index (χ4v) is 3.93. The minimum atomic E-state index is -0.732. The van der Waals surface area contributed by atoms with E-state index in [0.29, 0.717) is 31.6 Å². The molecule has 3 aliphatic rings. The Morgan fingerprint density at radius 3 is 2.56 bits per heavy atom. The number of aldehydes is 1. The van der Waals surface area contributed by atoms with Crippen LogP contribution in [0.2, 0.25) is 0 Å². The lowest BCUT2D eigenvalue weighted by molar-refractivity contribution is -0.158. The molecule has 2 fully saturated rings. The molecule has 0 radical (unpaired) electrons. The highest BCUT2D eigenvalue weighted by molar-refractivity contribution is 6.02. The molecule has 2 amide bonds. The van der Waals surface area contributed by atoms with Crippen molar-refractivity contribution in [2.24, 2.45) is 5.92 Å². The van der Waals surface area contributed by atoms with E-state index in [4.69, 9.17) is 4.74 Å². The molecular formula is C18H18N2O5. The number of benzene rings is 1. The number of nitrogens with zero attached hydrogens (tertiary/aromatic N) is 2. The van der Waals surface area contributed by atoms with Crippen LogP contribution < -0.4 is 4.90 Å². The lowest BCUT2D eigenvalue weighted by Gasteiger charge is -2.44. The van der Waals surface area contributed by atoms with Gasteiger partial charge < -0.3 is 14.7 Å². The molecule has 0 bridgehead atoms. The quantitative estimate of drug-likeness (QED) is 0.655. The minimum absolute atomic E-state index is 0.157. The second kappa shape index (κ2) is 5.70. The smallest absolute Gasteiger partial charge is 0.414 e. The molecule has 3 atom stereocenters. The van der Waals surface area contributed by atoms with Crippen molar-refractivity contribution in [2.75, 3.05) is 18.1 Å². The molecule has 1 aromatic carbocycles. The molecule has 3 aliphatic heterocycles. The summed E-state index contributed by atoms with van der Waals surface area (Å²) in [6.07, 6.45) is 0.151. The van der Waals surface area contributed by atoms with Gasteiger partial charge in [0.25, 0.3) is 0 Å². The maximum Gasteiger partial charge on any atom is 0.414 e. The fraction of sp³-hybridized carbons (Fsp3) is 0.389. The van der Waals surface area contributed by atoms with Crippen LogP contribution in [0.15, 0.2) is 30.0 Å². The first-order valence-electron chi connectivity index (χ1n) is 8.27. The Balaban J connectivity index is 1.62. The number of anilines is 1. The van der Waals surface area contributed by atoms with E-state index in [0.717, 1.165) is 16.8 Å². The summed E-state index contributed by atoms with van der Waals surface area (Å²) in [5.41, 5.74) is 2.75. The second-order valence-electron chi connectivity index (χ2n) is 6.54. The Bertz CT molecular complexity index is 783. The number of cyclic esters (lactones) is 1. The van der Waals surface area contributed by atoms with Gasteiger partial charge in [-0.3, -0.25) is 14.5 Å². The van der Waals surface area contributed by atoms with Crippen molar-refractivity contribution >= 4 is 29.5 Å². The molecule has 1 aromatic rings. The largest absolute Gasteiger partial charge is 0.447 e. The summed E-state index contributed by atoms with van der Waals surface area (Å²) < 4.78 is 4.93. The van der Waals surface area contributed by atoms with Gasteiger partial charge in [0.1, 0.15) is 6.61 Å². The maximum atomic E-state index is 12.2. The van der Waals surface area contributed by atoms with Crippen LogP contribution in [-0.2, 0) is 14.3 Å². The Hall–Kier alpha value is -2.67. The number of aliphatic hydroxyl groups is 1. The number of ether oxygens (including phenoxy) is 1. The van der Waals surface area contributed by atoms with Crippen LogP contribution in [0.3, 0.4) is 0 Å². The molecule has 4 rings (SSSR count). The molecule has 0 aromatic heterocycles. The average molecular weight is 342 g/mol. The van der Waals surface area contributed by atoms with E-state index in [1.807, 2.05) is 12.1 Å². The first kappa shape index (κ1) is 15.8. The highest BCUT2D eigenvalue weighted by Gasteiger charge is 2.55. The number of amides is 2. The number of allylic oxidation sites excluding steroid dienone is 1. The normalized spacial score (nSPS) is 26.5. The summed E-state index contributed by atoms with van der Waals surface area (Å²) >= 11 is 0. The fourth-order valence-electron chi connectivity index (χ4n) is 3.93. The number of rotatable bonds is 4. The Kier molecular flexibility index (Phi) is 3.61. The van der Waals surface area contributed by atoms with Crippen LogP contribution >= 0.6 is 0 Å². The summed E-state index contributed by atoms with van der Waals surface area (Å²) in [5.74, 6) is -0.653. The molecule has 0 spiro atoms. The zero-order valence-corrected chi connectivity index (χ0v) is 13.7. The van der Waals surface area contributed by atoms with Crippen molar-refractivity contribution in [2.45, 2.75) is 25.5 Å². The lowest BCUT2D eigenvalue weighted by atomic mass is 9.82. The molecule has 25 heavy (non-hydrogen) atoms. The summed E-state index contributed by atoms with van der Waals surface area (Å²) in [6.45, 7) is 2.49. The number of β-lactam (4-membered cyclic amide) rings is 1. The summed E-state index contributed by atoms with van der Waals surface area (Å²) in [7, 11) is 0. The van der Waals surface area contributed by atoms with Crippen LogP contribution in [0.4, 0.5) is 10.5 Å². The molecular weight excluding hydrogens is 324 g/mol. The Morgan fingerprint density at radius 1 is 1.28 bits per heavy atom. The Labute approximate surface area is 144 Å². The number of aliphatic hydroxyl groups excluding tert-OH is 1. The molecule has 130 valence electrons. The van der Waals surface area contributed by atoms with Gasteiger partial charge in [-0.15, -0.1) is 0 Å². The van der Waals surface area contributed by atoms with Crippen LogP contribution in [-0.4, -0.2) is 53.6 Å². The molecule has 2 saturated heterocycles. The van der Waals surface area contributed by atoms with Crippen molar-refractivity contribution in [3.63, 3.8) is 0 Å². The van der Waals surface area contributed by atoms with E-state index in [-0.39, 0.29) is 18.0 Å². The van der Waals surface area contributed by atoms with Gasteiger partial charge in [-0.2, -0.15) is 0 Å². The van der Waals surface area contributed by atoms with Gasteiger partial charge in [-0.1, -0.05) is 12.1 Å². The number of carbonyl (C=O) groups is 3. The molecule has 7 heteroatoms. The molecule has 1 N–H and O–H groups in total. The predicted octanol–water partition coefficient (Wildman–Crippen LogP) is 1.16. The first-order valence-corrected chi connectivity index (χ1v) is 8.27. The molecule has 0 aliphatic carbocycles. The summed E-state index contributed by atoms with van der Waals surface area (Å²) in [4.78, 5) is 38.4. The summed E-state index contributed by atoms with van der Waals surface area (Å²) in [6, 6.07) is 7.14. The topological polar surface area (TPSA) is 87.2 Å². The zero-order chi connectivity index (χ0) is 17.7. The van der Waals surface area contributed by atoms with Gasteiger partial charge >= 0.3 is 6.09 Å². The second-order valence-corrected chi connectivity index (χ2v) is 6.54. The van der Waals surface area contributed by atoms with Crippen LogP contribution in [0.5, 0.6) is 0 Å². The third kappa shape index (κ3) is 2.26. The van der Waals surface area contributed by atoms with Crippen molar-refractivity contribution in [3.8, 4) is 0 Å². The van der Waals surface area contributed by atoms with Crippen molar-refractivity contribution in [1.82, 2.24) is 4.90 Å². The number of hydrogen-bond acceptors (Lipinski definition) is 5. The SMILES string of the molecule is C[C@@H](O)[C@H]1C(=O)N2C(C=O)=C(c3ccc(N4CCOC4=O)cc3)C[C@H]12. The monoisotopic (exact) mass is 342 g/mol. The van der Waals surface area contributed by atoms with Crippen molar-refractivity contribution in [1.29, 1.82) is 0 Å². The highest BCUT2D eigenvalue weighted by Crippen LogP contribution is 2.46. The molecule has 0 saturated carbocycles. The van der Waals surface area contributed by atoms with Crippen molar-refractivity contribution < 1.29 is 24.2 Å². The van der Waals surface area contributed by atoms with E-state index in [2.05, 4.69) is 0 Å². The maximum absolute atomic E-state index is 12.2. The Morgan fingerprint density at radius 2 is 2.00 bits per heavy atom. The van der Waals surface area contributed by atoms with Gasteiger partial charge in [0, 0.05) is 5.69 Å². The summed E-state index contributed by atoms with van der Waals surface area (Å²) in [5, 5.41) is 9.78. The molecule has 3 heterocycles. The number of fused-ring (bicyclic) bond motifs is 1. The third-order valence-corrected chi connectivity index (χ3v) is 5.17. The van der Waals surface area contributed by atoms with Crippen LogP contribution in [0.1, 0.15) is 18.9 Å². The lowest BCUT2D eigenvalue weighted by Crippen LogP contribution is -2.61. The predicted molar refractivity (Wildman–Crippen MR) is 88.5 cm³/mol. The van der Waals surface area contributed by atoms with Crippen LogP contribution in [0, 0.1) is 5.92 Å². The average Bonchev–Trinajstić information content (AvgIpc) is 3.15. The van der Waals surface area contributed by atoms with Crippen LogP contribution in [0.25, 0.3) is 5.57 Å². The van der Waals surface area contributed by atoms with Gasteiger partial charge in [0.2, 0.25) is 5.91 Å². The van der Waals surface area contributed by atoms with E-state index in [9.17, 15) is 19.5 Å². The standard InChI is InChI=1S/C18H18N2O5/c1-10(22)16-14-8-13(15(9-21)20(14)17(16)23)11-2-4-12(5-3-11)19-6-7-25-18(19)24/h2-5,9-10,14,16,22H,6-8H2,1H3/t10-,14-,16-/m1/s1. The highest BCUT2D eigenvalue weighted by atomic mass is 16.6. The van der Waals surface area contributed by atoms with E-state index >= 15 is 0 Å². The third-order valence-electron chi connectivity index (χ3n) is 5.17. The first-order chi connectivity index (χ1) is 12.0. The van der Waals surface area contributed by atoms with Gasteiger partial charge in [0.05, 0.1) is 30.3 Å².